The Morgan fingerprint density at radius 2 is 2.00 bits per heavy atom. The van der Waals surface area contributed by atoms with Gasteiger partial charge in [-0.15, -0.1) is 0 Å². The molecule has 2 aromatic rings. The number of hydrogen-bond acceptors (Lipinski definition) is 3. The van der Waals surface area contributed by atoms with Crippen LogP contribution in [-0.2, 0) is 9.47 Å². The van der Waals surface area contributed by atoms with Gasteiger partial charge in [0.25, 0.3) is 0 Å². The van der Waals surface area contributed by atoms with Crippen molar-refractivity contribution in [2.45, 2.75) is 6.29 Å². The van der Waals surface area contributed by atoms with Crippen molar-refractivity contribution in [3.8, 4) is 0 Å². The van der Waals surface area contributed by atoms with Gasteiger partial charge in [0.2, 0.25) is 0 Å². The Bertz CT molecular complexity index is 461. The highest BCUT2D eigenvalue weighted by Crippen LogP contribution is 2.25. The van der Waals surface area contributed by atoms with Gasteiger partial charge < -0.3 is 20.2 Å². The maximum Gasteiger partial charge on any atom is 0.183 e. The predicted octanol–water partition coefficient (Wildman–Crippen LogP) is 2.04. The van der Waals surface area contributed by atoms with E-state index in [1.165, 1.54) is 0 Å². The number of H-pyrrole nitrogens is 1. The lowest BCUT2D eigenvalue weighted by Crippen LogP contribution is -2.03. The van der Waals surface area contributed by atoms with Gasteiger partial charge in [-0.1, -0.05) is 6.07 Å². The largest absolute Gasteiger partial charge is 0.397 e. The van der Waals surface area contributed by atoms with E-state index in [1.807, 2.05) is 18.2 Å². The standard InChI is InChI=1S/C11H14N2O2/c1-14-11(15-2)7-3-4-10-8(5-7)9(12)6-13-10/h3-6,11,13H,12H2,1-2H3. The first kappa shape index (κ1) is 10.0. The lowest BCUT2D eigenvalue weighted by molar-refractivity contribution is -0.105. The summed E-state index contributed by atoms with van der Waals surface area (Å²) in [5.74, 6) is 0. The number of nitrogens with one attached hydrogen (secondary N) is 1. The van der Waals surface area contributed by atoms with Gasteiger partial charge >= 0.3 is 0 Å². The molecule has 3 N–H and O–H groups in total. The monoisotopic (exact) mass is 206 g/mol. The molecule has 4 heteroatoms. The second-order valence-corrected chi connectivity index (χ2v) is 3.35. The van der Waals surface area contributed by atoms with Crippen LogP contribution in [0, 0.1) is 0 Å². The van der Waals surface area contributed by atoms with Crippen LogP contribution in [0.3, 0.4) is 0 Å². The summed E-state index contributed by atoms with van der Waals surface area (Å²) in [6.07, 6.45) is 1.44. The van der Waals surface area contributed by atoms with Crippen molar-refractivity contribution in [1.29, 1.82) is 0 Å². The van der Waals surface area contributed by atoms with Crippen LogP contribution in [0.25, 0.3) is 10.9 Å². The molecular weight excluding hydrogens is 192 g/mol. The molecule has 0 unspecified atom stereocenters. The van der Waals surface area contributed by atoms with E-state index >= 15 is 0 Å². The third-order valence-corrected chi connectivity index (χ3v) is 2.44. The lowest BCUT2D eigenvalue weighted by Gasteiger charge is -2.13. The molecule has 0 aliphatic heterocycles. The summed E-state index contributed by atoms with van der Waals surface area (Å²) in [6, 6.07) is 5.89. The topological polar surface area (TPSA) is 60.3 Å². The van der Waals surface area contributed by atoms with Gasteiger partial charge in [0, 0.05) is 36.9 Å². The van der Waals surface area contributed by atoms with Crippen LogP contribution in [0.15, 0.2) is 24.4 Å². The van der Waals surface area contributed by atoms with E-state index < -0.39 is 0 Å². The third-order valence-electron chi connectivity index (χ3n) is 2.44. The molecule has 0 aliphatic rings. The van der Waals surface area contributed by atoms with Crippen LogP contribution in [0.5, 0.6) is 0 Å². The van der Waals surface area contributed by atoms with Gasteiger partial charge in [0.1, 0.15) is 0 Å². The van der Waals surface area contributed by atoms with Crippen LogP contribution in [0.4, 0.5) is 5.69 Å². The molecule has 80 valence electrons. The van der Waals surface area contributed by atoms with Gasteiger partial charge in [0.05, 0.1) is 5.69 Å². The fourth-order valence-corrected chi connectivity index (χ4v) is 1.67. The van der Waals surface area contributed by atoms with Crippen molar-refractivity contribution < 1.29 is 9.47 Å². The molecule has 4 nitrogen and oxygen atoms in total. The SMILES string of the molecule is COC(OC)c1ccc2[nH]cc(N)c2c1. The van der Waals surface area contributed by atoms with Crippen molar-refractivity contribution in [1.82, 2.24) is 4.98 Å². The summed E-state index contributed by atoms with van der Waals surface area (Å²) >= 11 is 0. The van der Waals surface area contributed by atoms with Crippen LogP contribution < -0.4 is 5.73 Å². The van der Waals surface area contributed by atoms with Crippen LogP contribution in [0.2, 0.25) is 0 Å². The van der Waals surface area contributed by atoms with E-state index in [2.05, 4.69) is 4.98 Å². The average molecular weight is 206 g/mol. The smallest absolute Gasteiger partial charge is 0.183 e. The molecule has 2 rings (SSSR count). The first-order valence-corrected chi connectivity index (χ1v) is 4.68. The van der Waals surface area contributed by atoms with Gasteiger partial charge in [-0.25, -0.2) is 0 Å². The highest BCUT2D eigenvalue weighted by atomic mass is 16.7. The quantitative estimate of drug-likeness (QED) is 0.755. The molecule has 15 heavy (non-hydrogen) atoms. The summed E-state index contributed by atoms with van der Waals surface area (Å²) in [4.78, 5) is 3.08. The number of methoxy groups -OCH3 is 2. The van der Waals surface area contributed by atoms with Crippen molar-refractivity contribution in [3.63, 3.8) is 0 Å². The van der Waals surface area contributed by atoms with Crippen molar-refractivity contribution in [2.75, 3.05) is 20.0 Å². The lowest BCUT2D eigenvalue weighted by atomic mass is 10.1. The molecule has 1 aromatic heterocycles. The number of aromatic nitrogens is 1. The fraction of sp³-hybridized carbons (Fsp3) is 0.273. The minimum absolute atomic E-state index is 0.344. The molecule has 0 saturated carbocycles. The number of anilines is 1. The first-order valence-electron chi connectivity index (χ1n) is 4.68. The Balaban J connectivity index is 2.49. The number of ether oxygens (including phenoxy) is 2. The summed E-state index contributed by atoms with van der Waals surface area (Å²) in [5.41, 5.74) is 8.52. The molecule has 0 atom stereocenters. The zero-order chi connectivity index (χ0) is 10.8. The van der Waals surface area contributed by atoms with Crippen LogP contribution >= 0.6 is 0 Å². The van der Waals surface area contributed by atoms with Crippen molar-refractivity contribution in [2.24, 2.45) is 0 Å². The zero-order valence-electron chi connectivity index (χ0n) is 8.78. The third kappa shape index (κ3) is 1.69. The zero-order valence-corrected chi connectivity index (χ0v) is 8.78. The molecule has 0 amide bonds. The number of aromatic amines is 1. The maximum atomic E-state index is 5.82. The second-order valence-electron chi connectivity index (χ2n) is 3.35. The number of fused-ring (bicyclic) bond motifs is 1. The van der Waals surface area contributed by atoms with Gasteiger partial charge in [-0.05, 0) is 12.1 Å². The Morgan fingerprint density at radius 1 is 1.27 bits per heavy atom. The van der Waals surface area contributed by atoms with Gasteiger partial charge in [-0.2, -0.15) is 0 Å². The summed E-state index contributed by atoms with van der Waals surface area (Å²) < 4.78 is 10.4. The van der Waals surface area contributed by atoms with Gasteiger partial charge in [-0.3, -0.25) is 0 Å². The number of nitrogen functional groups attached to an aromatic ring is 1. The Hall–Kier alpha value is -1.52. The Kier molecular flexibility index (Phi) is 2.62. The average Bonchev–Trinajstić information content (AvgIpc) is 2.62. The maximum absolute atomic E-state index is 5.82. The minimum atomic E-state index is -0.344. The molecule has 0 saturated heterocycles. The van der Waals surface area contributed by atoms with E-state index in [-0.39, 0.29) is 6.29 Å². The predicted molar refractivity (Wildman–Crippen MR) is 59.5 cm³/mol. The molecule has 0 spiro atoms. The number of nitrogens with two attached hydrogens (primary N) is 1. The van der Waals surface area contributed by atoms with E-state index in [0.29, 0.717) is 0 Å². The highest BCUT2D eigenvalue weighted by Gasteiger charge is 2.10. The second kappa shape index (κ2) is 3.92. The minimum Gasteiger partial charge on any atom is -0.397 e. The van der Waals surface area contributed by atoms with Crippen LogP contribution in [-0.4, -0.2) is 19.2 Å². The fourth-order valence-electron chi connectivity index (χ4n) is 1.67. The van der Waals surface area contributed by atoms with Gasteiger partial charge in [0.15, 0.2) is 6.29 Å². The summed E-state index contributed by atoms with van der Waals surface area (Å²) in [5, 5.41) is 0.992. The Morgan fingerprint density at radius 3 is 2.67 bits per heavy atom. The molecule has 1 heterocycles. The normalized spacial score (nSPS) is 11.4. The first-order chi connectivity index (χ1) is 7.26. The van der Waals surface area contributed by atoms with Crippen molar-refractivity contribution in [3.05, 3.63) is 30.0 Å². The highest BCUT2D eigenvalue weighted by molar-refractivity contribution is 5.91. The number of benzene rings is 1. The number of hydrogen-bond donors (Lipinski definition) is 2. The van der Waals surface area contributed by atoms with E-state index in [0.717, 1.165) is 22.2 Å². The summed E-state index contributed by atoms with van der Waals surface area (Å²) in [7, 11) is 3.22. The molecule has 1 aromatic carbocycles. The van der Waals surface area contributed by atoms with E-state index in [4.69, 9.17) is 15.2 Å². The summed E-state index contributed by atoms with van der Waals surface area (Å²) in [6.45, 7) is 0. The number of rotatable bonds is 3. The van der Waals surface area contributed by atoms with E-state index in [1.54, 1.807) is 20.4 Å². The van der Waals surface area contributed by atoms with E-state index in [9.17, 15) is 0 Å². The van der Waals surface area contributed by atoms with Crippen molar-refractivity contribution >= 4 is 16.6 Å². The Labute approximate surface area is 88.0 Å². The molecule has 0 aliphatic carbocycles. The van der Waals surface area contributed by atoms with Crippen LogP contribution in [0.1, 0.15) is 11.9 Å². The molecule has 0 fully saturated rings. The molecule has 0 bridgehead atoms. The molecule has 0 radical (unpaired) electrons. The molecular formula is C11H14N2O2.